The van der Waals surface area contributed by atoms with Gasteiger partial charge in [-0.1, -0.05) is 261 Å². The van der Waals surface area contributed by atoms with Gasteiger partial charge in [-0.25, -0.2) is 0 Å². The average molecular weight is 953 g/mol. The first-order valence-electron chi connectivity index (χ1n) is 29.6. The number of ether oxygens (including phenoxy) is 1. The lowest BCUT2D eigenvalue weighted by Crippen LogP contribution is -2.45. The summed E-state index contributed by atoms with van der Waals surface area (Å²) in [5.41, 5.74) is 0. The second-order valence-corrected chi connectivity index (χ2v) is 20.0. The quantitative estimate of drug-likeness (QED) is 0.0321. The Morgan fingerprint density at radius 1 is 0.412 bits per heavy atom. The molecule has 396 valence electrons. The average Bonchev–Trinajstić information content (AvgIpc) is 3.34. The first-order chi connectivity index (χ1) is 33.5. The summed E-state index contributed by atoms with van der Waals surface area (Å²) in [5.74, 6) is -0.115. The number of aliphatic hydroxyl groups excluding tert-OH is 2. The van der Waals surface area contributed by atoms with Crippen molar-refractivity contribution in [3.63, 3.8) is 0 Å². The van der Waals surface area contributed by atoms with E-state index in [2.05, 4.69) is 67.8 Å². The second kappa shape index (κ2) is 57.1. The molecule has 0 saturated carbocycles. The molecule has 0 saturated heterocycles. The number of amides is 1. The number of aliphatic hydroxyl groups is 2. The fourth-order valence-electron chi connectivity index (χ4n) is 8.74. The maximum atomic E-state index is 12.4. The van der Waals surface area contributed by atoms with Crippen molar-refractivity contribution in [2.24, 2.45) is 0 Å². The zero-order valence-corrected chi connectivity index (χ0v) is 45.1. The van der Waals surface area contributed by atoms with Crippen molar-refractivity contribution in [1.82, 2.24) is 5.32 Å². The molecule has 0 fully saturated rings. The topological polar surface area (TPSA) is 95.9 Å². The van der Waals surface area contributed by atoms with Crippen LogP contribution in [0.2, 0.25) is 0 Å². The third-order valence-corrected chi connectivity index (χ3v) is 13.3. The van der Waals surface area contributed by atoms with Gasteiger partial charge in [0, 0.05) is 12.8 Å². The number of carbonyl (C=O) groups is 2. The van der Waals surface area contributed by atoms with E-state index in [-0.39, 0.29) is 18.5 Å². The molecule has 0 rings (SSSR count). The highest BCUT2D eigenvalue weighted by atomic mass is 16.5. The minimum Gasteiger partial charge on any atom is -0.465 e. The number of hydrogen-bond acceptors (Lipinski definition) is 5. The van der Waals surface area contributed by atoms with E-state index in [0.717, 1.165) is 57.8 Å². The van der Waals surface area contributed by atoms with Crippen LogP contribution in [0.25, 0.3) is 0 Å². The van der Waals surface area contributed by atoms with E-state index in [0.29, 0.717) is 19.4 Å². The first-order valence-corrected chi connectivity index (χ1v) is 29.6. The van der Waals surface area contributed by atoms with E-state index >= 15 is 0 Å². The van der Waals surface area contributed by atoms with Crippen LogP contribution in [-0.4, -0.2) is 47.4 Å². The molecule has 2 atom stereocenters. The van der Waals surface area contributed by atoms with Crippen LogP contribution in [0.3, 0.4) is 0 Å². The van der Waals surface area contributed by atoms with E-state index in [9.17, 15) is 19.8 Å². The Morgan fingerprint density at radius 3 is 1.15 bits per heavy atom. The van der Waals surface area contributed by atoms with Gasteiger partial charge in [0.05, 0.1) is 25.4 Å². The fourth-order valence-corrected chi connectivity index (χ4v) is 8.74. The van der Waals surface area contributed by atoms with E-state index in [1.54, 1.807) is 6.08 Å². The largest absolute Gasteiger partial charge is 0.465 e. The maximum absolute atomic E-state index is 12.4. The van der Waals surface area contributed by atoms with Gasteiger partial charge in [0.25, 0.3) is 0 Å². The molecule has 0 radical (unpaired) electrons. The van der Waals surface area contributed by atoms with E-state index in [1.807, 2.05) is 6.08 Å². The highest BCUT2D eigenvalue weighted by Gasteiger charge is 2.18. The molecule has 0 aromatic carbocycles. The molecule has 1 amide bonds. The molecule has 0 aromatic heterocycles. The van der Waals surface area contributed by atoms with E-state index in [4.69, 9.17) is 4.74 Å². The summed E-state index contributed by atoms with van der Waals surface area (Å²) in [6.07, 6.45) is 74.1. The van der Waals surface area contributed by atoms with Crippen molar-refractivity contribution in [3.05, 3.63) is 60.8 Å². The predicted octanol–water partition coefficient (Wildman–Crippen LogP) is 18.4. The highest BCUT2D eigenvalue weighted by Crippen LogP contribution is 2.16. The summed E-state index contributed by atoms with van der Waals surface area (Å²) in [7, 11) is 0. The molecule has 2 unspecified atom stereocenters. The van der Waals surface area contributed by atoms with Crippen LogP contribution in [0.5, 0.6) is 0 Å². The predicted molar refractivity (Wildman–Crippen MR) is 296 cm³/mol. The van der Waals surface area contributed by atoms with Gasteiger partial charge in [0.15, 0.2) is 0 Å². The number of allylic oxidation sites excluding steroid dienone is 8. The zero-order valence-electron chi connectivity index (χ0n) is 45.1. The third kappa shape index (κ3) is 52.9. The molecule has 0 aliphatic rings. The smallest absolute Gasteiger partial charge is 0.305 e. The lowest BCUT2D eigenvalue weighted by Gasteiger charge is -2.20. The van der Waals surface area contributed by atoms with Crippen LogP contribution in [-0.2, 0) is 14.3 Å². The van der Waals surface area contributed by atoms with Crippen molar-refractivity contribution in [3.8, 4) is 0 Å². The molecule has 0 aliphatic heterocycles. The maximum Gasteiger partial charge on any atom is 0.305 e. The van der Waals surface area contributed by atoms with Crippen LogP contribution in [0.15, 0.2) is 60.8 Å². The summed E-state index contributed by atoms with van der Waals surface area (Å²) in [6.45, 7) is 4.75. The molecule has 0 heterocycles. The van der Waals surface area contributed by atoms with Crippen LogP contribution >= 0.6 is 0 Å². The Labute approximate surface area is 422 Å². The number of nitrogens with one attached hydrogen (secondary N) is 1. The van der Waals surface area contributed by atoms with Crippen LogP contribution < -0.4 is 5.32 Å². The van der Waals surface area contributed by atoms with Crippen LogP contribution in [0, 0.1) is 0 Å². The van der Waals surface area contributed by atoms with Gasteiger partial charge in [-0.05, 0) is 83.5 Å². The molecule has 0 spiro atoms. The van der Waals surface area contributed by atoms with Gasteiger partial charge in [0.1, 0.15) is 0 Å². The Hall–Kier alpha value is -2.44. The van der Waals surface area contributed by atoms with Gasteiger partial charge in [-0.3, -0.25) is 9.59 Å². The van der Waals surface area contributed by atoms with Gasteiger partial charge in [-0.15, -0.1) is 0 Å². The third-order valence-electron chi connectivity index (χ3n) is 13.3. The first kappa shape index (κ1) is 65.6. The molecule has 3 N–H and O–H groups in total. The van der Waals surface area contributed by atoms with Crippen molar-refractivity contribution in [2.45, 2.75) is 309 Å². The second-order valence-electron chi connectivity index (χ2n) is 20.0. The van der Waals surface area contributed by atoms with Gasteiger partial charge in [-0.2, -0.15) is 0 Å². The van der Waals surface area contributed by atoms with E-state index < -0.39 is 12.1 Å². The summed E-state index contributed by atoms with van der Waals surface area (Å²) in [5, 5.41) is 23.0. The van der Waals surface area contributed by atoms with Crippen molar-refractivity contribution < 1.29 is 24.5 Å². The monoisotopic (exact) mass is 952 g/mol. The van der Waals surface area contributed by atoms with Gasteiger partial charge in [0.2, 0.25) is 5.91 Å². The normalized spacial score (nSPS) is 13.1. The molecule has 6 heteroatoms. The van der Waals surface area contributed by atoms with Gasteiger partial charge >= 0.3 is 5.97 Å². The Bertz CT molecular complexity index is 1190. The highest BCUT2D eigenvalue weighted by molar-refractivity contribution is 5.76. The van der Waals surface area contributed by atoms with Crippen molar-refractivity contribution in [2.75, 3.05) is 13.2 Å². The van der Waals surface area contributed by atoms with Crippen LogP contribution in [0.1, 0.15) is 296 Å². The minimum atomic E-state index is -0.848. The minimum absolute atomic E-state index is 0.0404. The SMILES string of the molecule is CCCCC/C=C\C/C=C\CCCCCCCCCCCC(=O)OCC/C=C\C/C=C\CCCCCCCCCCCCCCCCC(=O)NC(CO)C(O)/C=C/CCCCCCCCCCC. The summed E-state index contributed by atoms with van der Waals surface area (Å²) in [4.78, 5) is 24.5. The van der Waals surface area contributed by atoms with Crippen LogP contribution in [0.4, 0.5) is 0 Å². The number of esters is 1. The summed E-state index contributed by atoms with van der Waals surface area (Å²) < 4.78 is 5.43. The lowest BCUT2D eigenvalue weighted by atomic mass is 10.0. The Morgan fingerprint density at radius 2 is 0.735 bits per heavy atom. The number of rotatable bonds is 54. The standard InChI is InChI=1S/C62H113NO5/c1-3-5-7-9-11-13-15-16-17-18-22-26-29-32-36-40-44-48-52-56-62(67)68-57-53-49-45-41-37-33-30-27-24-21-19-20-23-25-28-31-35-39-43-47-51-55-61(66)63-59(58-64)60(65)54-50-46-42-38-34-14-12-10-8-6-4-2/h11,13,16-17,33,37,45,49-50,54,59-60,64-65H,3-10,12,14-15,18-32,34-36,38-44,46-48,51-53,55-58H2,1-2H3,(H,63,66)/b13-11-,17-16-,37-33-,49-45-,54-50+. The zero-order chi connectivity index (χ0) is 49.3. The molecular formula is C62H113NO5. The molecule has 68 heavy (non-hydrogen) atoms. The molecule has 0 aliphatic carbocycles. The fraction of sp³-hybridized carbons (Fsp3) is 0.806. The molecule has 0 aromatic rings. The number of unbranched alkanes of at least 4 members (excludes halogenated alkanes) is 35. The number of carbonyl (C=O) groups excluding carboxylic acids is 2. The molecular weight excluding hydrogens is 839 g/mol. The summed E-state index contributed by atoms with van der Waals surface area (Å²) >= 11 is 0. The van der Waals surface area contributed by atoms with E-state index in [1.165, 1.54) is 212 Å². The number of hydrogen-bond donors (Lipinski definition) is 3. The Balaban J connectivity index is 3.46. The lowest BCUT2D eigenvalue weighted by molar-refractivity contribution is -0.143. The summed E-state index contributed by atoms with van der Waals surface area (Å²) in [6, 6.07) is -0.632. The van der Waals surface area contributed by atoms with Crippen molar-refractivity contribution in [1.29, 1.82) is 0 Å². The molecule has 0 bridgehead atoms. The van der Waals surface area contributed by atoms with Crippen molar-refractivity contribution >= 4 is 11.9 Å². The molecule has 6 nitrogen and oxygen atoms in total. The van der Waals surface area contributed by atoms with Gasteiger partial charge < -0.3 is 20.3 Å². The Kier molecular flexibility index (Phi) is 55.1.